The van der Waals surface area contributed by atoms with Crippen LogP contribution in [0.4, 0.5) is 4.39 Å². The van der Waals surface area contributed by atoms with Gasteiger partial charge in [0.15, 0.2) is 11.6 Å². The van der Waals surface area contributed by atoms with E-state index in [9.17, 15) is 19.1 Å². The van der Waals surface area contributed by atoms with E-state index in [1.165, 1.54) is 24.1 Å². The van der Waals surface area contributed by atoms with Gasteiger partial charge in [0.2, 0.25) is 0 Å². The molecule has 2 aromatic carbocycles. The molecule has 3 rings (SSSR count). The van der Waals surface area contributed by atoms with Crippen LogP contribution in [0.5, 0.6) is 5.75 Å². The molecule has 6 nitrogen and oxygen atoms in total. The Hall–Kier alpha value is -3.19. The van der Waals surface area contributed by atoms with E-state index in [0.717, 1.165) is 18.2 Å². The molecule has 0 spiro atoms. The Balaban J connectivity index is 2.10. The van der Waals surface area contributed by atoms with Gasteiger partial charge in [0, 0.05) is 12.1 Å². The van der Waals surface area contributed by atoms with Crippen molar-refractivity contribution in [3.05, 3.63) is 70.5 Å². The van der Waals surface area contributed by atoms with Gasteiger partial charge in [-0.15, -0.1) is 0 Å². The first-order valence-electron chi connectivity index (χ1n) is 10.1. The lowest BCUT2D eigenvalue weighted by Gasteiger charge is -2.26. The fourth-order valence-corrected chi connectivity index (χ4v) is 3.73. The van der Waals surface area contributed by atoms with Crippen molar-refractivity contribution < 1.29 is 23.8 Å². The largest absolute Gasteiger partial charge is 0.507 e. The van der Waals surface area contributed by atoms with Gasteiger partial charge in [-0.2, -0.15) is 0 Å². The molecule has 31 heavy (non-hydrogen) atoms. The van der Waals surface area contributed by atoms with Crippen molar-refractivity contribution in [1.29, 1.82) is 0 Å². The summed E-state index contributed by atoms with van der Waals surface area (Å²) in [6.45, 7) is 3.04. The standard InChI is InChI=1S/C24H27FN2O4/c1-15-6-8-16(9-7-15)21-20(22(28)17-10-11-19(31-4)18(25)14-17)23(29)24(30)27(21)13-5-12-26(2)3/h6-11,14,21,28H,5,12-13H2,1-4H3/b22-20+. The molecule has 1 amide bonds. The Bertz CT molecular complexity index is 1010. The molecule has 1 aliphatic rings. The molecule has 1 N–H and O–H groups in total. The van der Waals surface area contributed by atoms with Crippen molar-refractivity contribution >= 4 is 17.4 Å². The van der Waals surface area contributed by atoms with Crippen LogP contribution in [0.1, 0.15) is 29.2 Å². The van der Waals surface area contributed by atoms with E-state index in [-0.39, 0.29) is 16.9 Å². The number of hydrogen-bond acceptors (Lipinski definition) is 5. The van der Waals surface area contributed by atoms with E-state index in [1.807, 2.05) is 50.2 Å². The molecule has 1 unspecified atom stereocenters. The summed E-state index contributed by atoms with van der Waals surface area (Å²) in [6, 6.07) is 10.7. The number of aryl methyl sites for hydroxylation is 1. The van der Waals surface area contributed by atoms with E-state index in [4.69, 9.17) is 4.74 Å². The van der Waals surface area contributed by atoms with Crippen LogP contribution in [-0.4, -0.2) is 60.9 Å². The van der Waals surface area contributed by atoms with Crippen LogP contribution >= 0.6 is 0 Å². The molecule has 0 saturated carbocycles. The first-order valence-corrected chi connectivity index (χ1v) is 10.1. The average Bonchev–Trinajstić information content (AvgIpc) is 2.98. The number of benzene rings is 2. The number of hydrogen-bond donors (Lipinski definition) is 1. The Morgan fingerprint density at radius 3 is 2.42 bits per heavy atom. The molecule has 0 aliphatic carbocycles. The Kier molecular flexibility index (Phi) is 6.75. The minimum Gasteiger partial charge on any atom is -0.507 e. The summed E-state index contributed by atoms with van der Waals surface area (Å²) < 4.78 is 19.1. The molecular formula is C24H27FN2O4. The van der Waals surface area contributed by atoms with Crippen molar-refractivity contribution in [1.82, 2.24) is 9.80 Å². The summed E-state index contributed by atoms with van der Waals surface area (Å²) in [5.74, 6) is -2.49. The fraction of sp³-hybridized carbons (Fsp3) is 0.333. The predicted molar refractivity (Wildman–Crippen MR) is 116 cm³/mol. The average molecular weight is 426 g/mol. The summed E-state index contributed by atoms with van der Waals surface area (Å²) in [6.07, 6.45) is 0.666. The molecule has 0 bridgehead atoms. The normalized spacial score (nSPS) is 18.1. The molecule has 164 valence electrons. The van der Waals surface area contributed by atoms with Gasteiger partial charge >= 0.3 is 0 Å². The number of aliphatic hydroxyl groups is 1. The highest BCUT2D eigenvalue weighted by atomic mass is 19.1. The second-order valence-corrected chi connectivity index (χ2v) is 7.91. The van der Waals surface area contributed by atoms with Gasteiger partial charge in [-0.05, 0) is 57.7 Å². The first-order chi connectivity index (χ1) is 14.7. The Labute approximate surface area is 181 Å². The van der Waals surface area contributed by atoms with Crippen molar-refractivity contribution in [2.75, 3.05) is 34.3 Å². The number of Topliss-reactive ketones (excluding diaryl/α,β-unsaturated/α-hetero) is 1. The van der Waals surface area contributed by atoms with Crippen molar-refractivity contribution in [2.24, 2.45) is 0 Å². The SMILES string of the molecule is COc1ccc(/C(O)=C2\C(=O)C(=O)N(CCCN(C)C)C2c2ccc(C)cc2)cc1F. The van der Waals surface area contributed by atoms with E-state index < -0.39 is 29.3 Å². The van der Waals surface area contributed by atoms with Gasteiger partial charge in [0.25, 0.3) is 11.7 Å². The zero-order valence-corrected chi connectivity index (χ0v) is 18.2. The van der Waals surface area contributed by atoms with Gasteiger partial charge in [-0.1, -0.05) is 29.8 Å². The van der Waals surface area contributed by atoms with Crippen LogP contribution < -0.4 is 4.74 Å². The first kappa shape index (κ1) is 22.5. The van der Waals surface area contributed by atoms with E-state index in [0.29, 0.717) is 18.5 Å². The van der Waals surface area contributed by atoms with Gasteiger partial charge in [-0.3, -0.25) is 9.59 Å². The highest BCUT2D eigenvalue weighted by Gasteiger charge is 2.45. The molecule has 1 saturated heterocycles. The second-order valence-electron chi connectivity index (χ2n) is 7.91. The monoisotopic (exact) mass is 426 g/mol. The minimum absolute atomic E-state index is 0.0239. The van der Waals surface area contributed by atoms with Gasteiger partial charge < -0.3 is 19.6 Å². The number of nitrogens with zero attached hydrogens (tertiary/aromatic N) is 2. The number of methoxy groups -OCH3 is 1. The van der Waals surface area contributed by atoms with Gasteiger partial charge in [0.1, 0.15) is 5.76 Å². The molecule has 1 aliphatic heterocycles. The topological polar surface area (TPSA) is 70.1 Å². The number of carbonyl (C=O) groups is 2. The lowest BCUT2D eigenvalue weighted by atomic mass is 9.94. The number of halogens is 1. The lowest BCUT2D eigenvalue weighted by Crippen LogP contribution is -2.32. The van der Waals surface area contributed by atoms with Crippen LogP contribution in [0.3, 0.4) is 0 Å². The fourth-order valence-electron chi connectivity index (χ4n) is 3.73. The third kappa shape index (κ3) is 4.61. The van der Waals surface area contributed by atoms with Crippen molar-refractivity contribution in [3.63, 3.8) is 0 Å². The van der Waals surface area contributed by atoms with E-state index >= 15 is 0 Å². The van der Waals surface area contributed by atoms with Gasteiger partial charge in [0.05, 0.1) is 18.7 Å². The number of likely N-dealkylation sites (tertiary alicyclic amines) is 1. The highest BCUT2D eigenvalue weighted by molar-refractivity contribution is 6.46. The molecular weight excluding hydrogens is 399 g/mol. The molecule has 1 heterocycles. The second kappa shape index (κ2) is 9.31. The molecule has 1 atom stereocenters. The van der Waals surface area contributed by atoms with Crippen LogP contribution in [-0.2, 0) is 9.59 Å². The van der Waals surface area contributed by atoms with Crippen LogP contribution in [0, 0.1) is 12.7 Å². The van der Waals surface area contributed by atoms with Crippen LogP contribution in [0.2, 0.25) is 0 Å². The zero-order valence-electron chi connectivity index (χ0n) is 18.2. The summed E-state index contributed by atoms with van der Waals surface area (Å²) in [4.78, 5) is 29.3. The lowest BCUT2D eigenvalue weighted by molar-refractivity contribution is -0.139. The van der Waals surface area contributed by atoms with Crippen molar-refractivity contribution in [2.45, 2.75) is 19.4 Å². The number of ketones is 1. The summed E-state index contributed by atoms with van der Waals surface area (Å²) in [5, 5.41) is 11.0. The molecule has 0 aromatic heterocycles. The smallest absolute Gasteiger partial charge is 0.295 e. The quantitative estimate of drug-likeness (QED) is 0.417. The zero-order chi connectivity index (χ0) is 22.7. The Morgan fingerprint density at radius 2 is 1.84 bits per heavy atom. The van der Waals surface area contributed by atoms with Crippen molar-refractivity contribution in [3.8, 4) is 5.75 Å². The summed E-state index contributed by atoms with van der Waals surface area (Å²) >= 11 is 0. The van der Waals surface area contributed by atoms with E-state index in [1.54, 1.807) is 0 Å². The maximum atomic E-state index is 14.2. The summed E-state index contributed by atoms with van der Waals surface area (Å²) in [7, 11) is 5.21. The number of rotatable bonds is 7. The molecule has 7 heteroatoms. The third-order valence-electron chi connectivity index (χ3n) is 5.36. The molecule has 2 aromatic rings. The third-order valence-corrected chi connectivity index (χ3v) is 5.36. The van der Waals surface area contributed by atoms with Crippen LogP contribution in [0.25, 0.3) is 5.76 Å². The van der Waals surface area contributed by atoms with Gasteiger partial charge in [-0.25, -0.2) is 4.39 Å². The number of ether oxygens (including phenoxy) is 1. The predicted octanol–water partition coefficient (Wildman–Crippen LogP) is 3.52. The number of amides is 1. The number of aliphatic hydroxyl groups excluding tert-OH is 1. The number of carbonyl (C=O) groups excluding carboxylic acids is 2. The summed E-state index contributed by atoms with van der Waals surface area (Å²) in [5.41, 5.74) is 1.82. The maximum Gasteiger partial charge on any atom is 0.295 e. The highest BCUT2D eigenvalue weighted by Crippen LogP contribution is 2.39. The molecule has 1 fully saturated rings. The maximum absolute atomic E-state index is 14.2. The molecule has 0 radical (unpaired) electrons. The van der Waals surface area contributed by atoms with E-state index in [2.05, 4.69) is 0 Å². The minimum atomic E-state index is -0.774. The Morgan fingerprint density at radius 1 is 1.16 bits per heavy atom. The van der Waals surface area contributed by atoms with Crippen LogP contribution in [0.15, 0.2) is 48.0 Å².